The zero-order valence-corrected chi connectivity index (χ0v) is 21.9. The standard InChI is InChI=1S/C28H27N3O4S2/c1-17-12-13-20-22(14-17)37-25-24(20)26(33)31(19-10-6-3-7-11-19)28(30-25)36-16-23(32)29-21(27(34)35)15-18-8-4-2-5-9-18/h2-11,17,21H,12-16H2,1H3,(H,29,32)(H,34,35)/p-1/t17-,21+/m1/s1. The van der Waals surface area contributed by atoms with Crippen molar-refractivity contribution < 1.29 is 14.7 Å². The predicted octanol–water partition coefficient (Wildman–Crippen LogP) is 3.14. The minimum atomic E-state index is -1.35. The monoisotopic (exact) mass is 532 g/mol. The molecule has 0 spiro atoms. The van der Waals surface area contributed by atoms with Crippen molar-refractivity contribution in [3.8, 4) is 5.69 Å². The SMILES string of the molecule is C[C@@H]1CCc2c(sc3nc(SCC(=O)N[C@@H](Cc4ccccc4)C(=O)[O-])n(-c4ccccc4)c(=O)c23)C1. The minimum absolute atomic E-state index is 0.0918. The molecular formula is C28H26N3O4S2-. The lowest BCUT2D eigenvalue weighted by Gasteiger charge is -2.20. The average Bonchev–Trinajstić information content (AvgIpc) is 3.25. The number of benzene rings is 2. The summed E-state index contributed by atoms with van der Waals surface area (Å²) in [5.41, 5.74) is 2.42. The quantitative estimate of drug-likeness (QED) is 0.276. The summed E-state index contributed by atoms with van der Waals surface area (Å²) in [6, 6.07) is 17.2. The van der Waals surface area contributed by atoms with E-state index in [1.165, 1.54) is 4.88 Å². The van der Waals surface area contributed by atoms with Crippen LogP contribution in [0.25, 0.3) is 15.9 Å². The van der Waals surface area contributed by atoms with Crippen LogP contribution in [0.15, 0.2) is 70.6 Å². The highest BCUT2D eigenvalue weighted by Crippen LogP contribution is 2.37. The Morgan fingerprint density at radius 2 is 1.86 bits per heavy atom. The number of amides is 1. The molecule has 1 N–H and O–H groups in total. The molecule has 4 aromatic rings. The molecule has 5 rings (SSSR count). The summed E-state index contributed by atoms with van der Waals surface area (Å²) in [5, 5.41) is 15.3. The Morgan fingerprint density at radius 1 is 1.16 bits per heavy atom. The van der Waals surface area contributed by atoms with Gasteiger partial charge in [0, 0.05) is 4.88 Å². The second-order valence-electron chi connectivity index (χ2n) is 9.32. The van der Waals surface area contributed by atoms with Crippen molar-refractivity contribution in [1.82, 2.24) is 14.9 Å². The highest BCUT2D eigenvalue weighted by atomic mass is 32.2. The first-order valence-electron chi connectivity index (χ1n) is 12.2. The number of carboxylic acids is 1. The molecule has 0 fully saturated rings. The molecule has 7 nitrogen and oxygen atoms in total. The number of hydrogen-bond acceptors (Lipinski definition) is 7. The molecule has 0 bridgehead atoms. The number of para-hydroxylation sites is 1. The molecule has 0 radical (unpaired) electrons. The van der Waals surface area contributed by atoms with Crippen molar-refractivity contribution in [3.05, 3.63) is 87.0 Å². The summed E-state index contributed by atoms with van der Waals surface area (Å²) < 4.78 is 1.56. The van der Waals surface area contributed by atoms with Crippen LogP contribution >= 0.6 is 23.1 Å². The Morgan fingerprint density at radius 3 is 2.57 bits per heavy atom. The van der Waals surface area contributed by atoms with Crippen molar-refractivity contribution in [2.75, 3.05) is 5.75 Å². The van der Waals surface area contributed by atoms with E-state index in [2.05, 4.69) is 12.2 Å². The van der Waals surface area contributed by atoms with Crippen molar-refractivity contribution in [1.29, 1.82) is 0 Å². The lowest BCUT2D eigenvalue weighted by molar-refractivity contribution is -0.308. The number of carbonyl (C=O) groups is 2. The van der Waals surface area contributed by atoms with Gasteiger partial charge in [0.05, 0.1) is 28.8 Å². The van der Waals surface area contributed by atoms with Crippen LogP contribution in [0, 0.1) is 5.92 Å². The number of fused-ring (bicyclic) bond motifs is 3. The lowest BCUT2D eigenvalue weighted by Crippen LogP contribution is -2.49. The molecule has 1 aliphatic rings. The summed E-state index contributed by atoms with van der Waals surface area (Å²) >= 11 is 2.68. The van der Waals surface area contributed by atoms with Gasteiger partial charge in [0.25, 0.3) is 5.56 Å². The molecule has 0 saturated heterocycles. The third kappa shape index (κ3) is 5.47. The second-order valence-corrected chi connectivity index (χ2v) is 11.3. The van der Waals surface area contributed by atoms with Gasteiger partial charge in [-0.1, -0.05) is 67.2 Å². The van der Waals surface area contributed by atoms with Crippen molar-refractivity contribution in [2.45, 2.75) is 43.8 Å². The number of aromatic nitrogens is 2. The van der Waals surface area contributed by atoms with Gasteiger partial charge in [-0.05, 0) is 54.9 Å². The largest absolute Gasteiger partial charge is 0.548 e. The molecule has 1 aliphatic carbocycles. The first-order valence-corrected chi connectivity index (χ1v) is 14.0. The molecule has 2 atom stereocenters. The predicted molar refractivity (Wildman–Crippen MR) is 144 cm³/mol. The summed E-state index contributed by atoms with van der Waals surface area (Å²) in [5.74, 6) is -1.34. The third-order valence-corrected chi connectivity index (χ3v) is 8.63. The number of thioether (sulfide) groups is 1. The topological polar surface area (TPSA) is 104 Å². The highest BCUT2D eigenvalue weighted by Gasteiger charge is 2.25. The van der Waals surface area contributed by atoms with Gasteiger partial charge >= 0.3 is 0 Å². The highest BCUT2D eigenvalue weighted by molar-refractivity contribution is 7.99. The molecule has 190 valence electrons. The van der Waals surface area contributed by atoms with E-state index < -0.39 is 17.9 Å². The number of nitrogens with zero attached hydrogens (tertiary/aromatic N) is 2. The fraction of sp³-hybridized carbons (Fsp3) is 0.286. The molecule has 2 aromatic carbocycles. The van der Waals surface area contributed by atoms with Crippen LogP contribution in [0.5, 0.6) is 0 Å². The van der Waals surface area contributed by atoms with Gasteiger partial charge in [-0.3, -0.25) is 14.2 Å². The van der Waals surface area contributed by atoms with Crippen LogP contribution in [0.4, 0.5) is 0 Å². The Balaban J connectivity index is 1.43. The minimum Gasteiger partial charge on any atom is -0.548 e. The van der Waals surface area contributed by atoms with E-state index in [4.69, 9.17) is 4.98 Å². The molecule has 0 unspecified atom stereocenters. The number of aliphatic carboxylic acids is 1. The molecule has 9 heteroatoms. The molecule has 37 heavy (non-hydrogen) atoms. The van der Waals surface area contributed by atoms with E-state index in [9.17, 15) is 19.5 Å². The Kier molecular flexibility index (Phi) is 7.43. The molecule has 1 amide bonds. The normalized spacial score (nSPS) is 15.8. The number of hydrogen-bond donors (Lipinski definition) is 1. The van der Waals surface area contributed by atoms with Crippen LogP contribution in [0.3, 0.4) is 0 Å². The van der Waals surface area contributed by atoms with Crippen molar-refractivity contribution in [2.24, 2.45) is 5.92 Å². The van der Waals surface area contributed by atoms with Gasteiger partial charge in [-0.25, -0.2) is 4.98 Å². The number of aryl methyl sites for hydroxylation is 1. The maximum absolute atomic E-state index is 13.8. The lowest BCUT2D eigenvalue weighted by atomic mass is 9.89. The summed E-state index contributed by atoms with van der Waals surface area (Å²) in [4.78, 5) is 45.0. The third-order valence-electron chi connectivity index (χ3n) is 6.55. The van der Waals surface area contributed by atoms with Crippen LogP contribution in [-0.2, 0) is 28.9 Å². The first-order chi connectivity index (χ1) is 17.9. The summed E-state index contributed by atoms with van der Waals surface area (Å²) in [6.45, 7) is 2.22. The molecule has 2 heterocycles. The number of nitrogens with one attached hydrogen (secondary N) is 1. The average molecular weight is 533 g/mol. The fourth-order valence-corrected chi connectivity index (χ4v) is 6.93. The smallest absolute Gasteiger partial charge is 0.267 e. The van der Waals surface area contributed by atoms with Gasteiger partial charge in [0.1, 0.15) is 4.83 Å². The summed E-state index contributed by atoms with van der Waals surface area (Å²) in [6.07, 6.45) is 2.97. The van der Waals surface area contributed by atoms with Crippen molar-refractivity contribution >= 4 is 45.2 Å². The fourth-order valence-electron chi connectivity index (χ4n) is 4.68. The maximum atomic E-state index is 13.8. The van der Waals surface area contributed by atoms with Crippen LogP contribution in [0.2, 0.25) is 0 Å². The van der Waals surface area contributed by atoms with E-state index in [-0.39, 0.29) is 17.7 Å². The number of carboxylic acid groups (broad SMARTS) is 1. The number of thiophene rings is 1. The first kappa shape index (κ1) is 25.2. The van der Waals surface area contributed by atoms with Crippen LogP contribution in [0.1, 0.15) is 29.3 Å². The van der Waals surface area contributed by atoms with Crippen LogP contribution < -0.4 is 16.0 Å². The Hall–Kier alpha value is -3.43. The maximum Gasteiger partial charge on any atom is 0.267 e. The van der Waals surface area contributed by atoms with Crippen LogP contribution in [-0.4, -0.2) is 33.2 Å². The van der Waals surface area contributed by atoms with E-state index in [0.29, 0.717) is 27.0 Å². The zero-order chi connectivity index (χ0) is 25.9. The zero-order valence-electron chi connectivity index (χ0n) is 20.3. The molecule has 2 aromatic heterocycles. The van der Waals surface area contributed by atoms with E-state index in [1.807, 2.05) is 48.5 Å². The molecule has 0 aliphatic heterocycles. The Bertz CT molecular complexity index is 1500. The van der Waals surface area contributed by atoms with E-state index in [0.717, 1.165) is 42.2 Å². The van der Waals surface area contributed by atoms with Gasteiger partial charge in [0.2, 0.25) is 5.91 Å². The summed E-state index contributed by atoms with van der Waals surface area (Å²) in [7, 11) is 0. The van der Waals surface area contributed by atoms with Gasteiger partial charge in [-0.15, -0.1) is 11.3 Å². The molecule has 0 saturated carbocycles. The van der Waals surface area contributed by atoms with E-state index >= 15 is 0 Å². The van der Waals surface area contributed by atoms with Gasteiger partial charge < -0.3 is 15.2 Å². The van der Waals surface area contributed by atoms with Gasteiger partial charge in [0.15, 0.2) is 5.16 Å². The number of carbonyl (C=O) groups excluding carboxylic acids is 2. The Labute approximate surface area is 222 Å². The van der Waals surface area contributed by atoms with Gasteiger partial charge in [-0.2, -0.15) is 0 Å². The van der Waals surface area contributed by atoms with E-state index in [1.54, 1.807) is 28.0 Å². The number of rotatable bonds is 8. The van der Waals surface area contributed by atoms with Crippen molar-refractivity contribution in [3.63, 3.8) is 0 Å². The molecular weight excluding hydrogens is 506 g/mol. The second kappa shape index (κ2) is 10.9.